The summed E-state index contributed by atoms with van der Waals surface area (Å²) in [4.78, 5) is 24.3. The van der Waals surface area contributed by atoms with Crippen LogP contribution in [0.15, 0.2) is 62.4 Å². The molecule has 2 aromatic carbocycles. The molecule has 0 aliphatic heterocycles. The van der Waals surface area contributed by atoms with Gasteiger partial charge in [-0.3, -0.25) is 4.79 Å². The lowest BCUT2D eigenvalue weighted by Crippen LogP contribution is -2.13. The van der Waals surface area contributed by atoms with Crippen LogP contribution in [0.4, 0.5) is 18.9 Å². The van der Waals surface area contributed by atoms with Crippen LogP contribution in [0.5, 0.6) is 5.75 Å². The molecule has 0 saturated carbocycles. The summed E-state index contributed by atoms with van der Waals surface area (Å²) in [5, 5.41) is 3.51. The van der Waals surface area contributed by atoms with E-state index in [-0.39, 0.29) is 28.2 Å². The van der Waals surface area contributed by atoms with E-state index in [4.69, 9.17) is 13.6 Å². The molecule has 0 radical (unpaired) electrons. The zero-order valence-electron chi connectivity index (χ0n) is 14.8. The minimum absolute atomic E-state index is 0.0241. The van der Waals surface area contributed by atoms with Crippen LogP contribution in [0.3, 0.4) is 0 Å². The number of ether oxygens (including phenoxy) is 1. The normalized spacial score (nSPS) is 11.7. The van der Waals surface area contributed by atoms with Crippen molar-refractivity contribution < 1.29 is 31.5 Å². The van der Waals surface area contributed by atoms with Crippen molar-refractivity contribution in [3.05, 3.63) is 70.3 Å². The molecule has 1 amide bonds. The van der Waals surface area contributed by atoms with Gasteiger partial charge in [-0.25, -0.2) is 4.79 Å². The Balaban J connectivity index is 1.82. The van der Waals surface area contributed by atoms with Crippen LogP contribution in [0.1, 0.15) is 15.9 Å². The van der Waals surface area contributed by atoms with Gasteiger partial charge in [-0.2, -0.15) is 13.2 Å². The number of methoxy groups -OCH3 is 1. The number of furan rings is 1. The van der Waals surface area contributed by atoms with Crippen LogP contribution < -0.4 is 15.7 Å². The van der Waals surface area contributed by atoms with Gasteiger partial charge in [0.2, 0.25) is 5.75 Å². The van der Waals surface area contributed by atoms with E-state index in [0.29, 0.717) is 10.8 Å². The van der Waals surface area contributed by atoms with Gasteiger partial charge in [0.05, 0.1) is 24.6 Å². The van der Waals surface area contributed by atoms with Crippen LogP contribution in [0, 0.1) is 0 Å². The number of carbonyl (C=O) groups is 1. The van der Waals surface area contributed by atoms with Gasteiger partial charge < -0.3 is 18.9 Å². The van der Waals surface area contributed by atoms with Crippen molar-refractivity contribution >= 4 is 33.5 Å². The molecule has 148 valence electrons. The summed E-state index contributed by atoms with van der Waals surface area (Å²) in [5.74, 6) is -0.455. The Labute approximate surface area is 160 Å². The number of amides is 1. The topological polar surface area (TPSA) is 81.7 Å². The third kappa shape index (κ3) is 3.20. The van der Waals surface area contributed by atoms with E-state index in [2.05, 4.69) is 5.32 Å². The van der Waals surface area contributed by atoms with Gasteiger partial charge in [0, 0.05) is 22.4 Å². The Bertz CT molecular complexity index is 1290. The fourth-order valence-electron chi connectivity index (χ4n) is 3.03. The number of halogens is 3. The van der Waals surface area contributed by atoms with E-state index >= 15 is 0 Å². The summed E-state index contributed by atoms with van der Waals surface area (Å²) in [5.41, 5.74) is -0.860. The molecule has 0 spiro atoms. The van der Waals surface area contributed by atoms with Crippen molar-refractivity contribution in [1.82, 2.24) is 0 Å². The minimum atomic E-state index is -4.50. The summed E-state index contributed by atoms with van der Waals surface area (Å²) >= 11 is 0. The van der Waals surface area contributed by atoms with Crippen molar-refractivity contribution in [2.24, 2.45) is 0 Å². The quantitative estimate of drug-likeness (QED) is 0.496. The minimum Gasteiger partial charge on any atom is -0.490 e. The standard InChI is InChI=1S/C20H12F3NO5/c1-27-18-16-13(8-9-28-16)15(12-6-7-14(25)29-17(12)18)24-19(26)10-2-4-11(5-3-10)20(21,22)23/h2-9H,1H3,(H,24,26). The molecule has 6 nitrogen and oxygen atoms in total. The van der Waals surface area contributed by atoms with Crippen LogP contribution in [0.2, 0.25) is 0 Å². The summed E-state index contributed by atoms with van der Waals surface area (Å²) in [6, 6.07) is 8.04. The first-order valence-corrected chi connectivity index (χ1v) is 8.29. The lowest BCUT2D eigenvalue weighted by atomic mass is 10.1. The Morgan fingerprint density at radius 3 is 2.34 bits per heavy atom. The van der Waals surface area contributed by atoms with Crippen LogP contribution in [-0.2, 0) is 6.18 Å². The molecule has 2 heterocycles. The zero-order chi connectivity index (χ0) is 20.8. The number of anilines is 1. The van der Waals surface area contributed by atoms with E-state index < -0.39 is 23.3 Å². The van der Waals surface area contributed by atoms with E-state index in [9.17, 15) is 22.8 Å². The predicted molar refractivity (Wildman–Crippen MR) is 98.2 cm³/mol. The molecule has 0 unspecified atom stereocenters. The molecule has 2 aromatic heterocycles. The third-order valence-corrected chi connectivity index (χ3v) is 4.37. The fourth-order valence-corrected chi connectivity index (χ4v) is 3.03. The summed E-state index contributed by atoms with van der Waals surface area (Å²) in [6.07, 6.45) is -3.13. The lowest BCUT2D eigenvalue weighted by Gasteiger charge is -2.13. The zero-order valence-corrected chi connectivity index (χ0v) is 14.8. The number of rotatable bonds is 3. The monoisotopic (exact) mass is 403 g/mol. The number of hydrogen-bond acceptors (Lipinski definition) is 5. The van der Waals surface area contributed by atoms with Gasteiger partial charge >= 0.3 is 11.8 Å². The smallest absolute Gasteiger partial charge is 0.416 e. The van der Waals surface area contributed by atoms with E-state index in [1.54, 1.807) is 6.07 Å². The second kappa shape index (κ2) is 6.69. The first-order chi connectivity index (χ1) is 13.8. The SMILES string of the molecule is COc1c2occc2c(NC(=O)c2ccc(C(F)(F)F)cc2)c2ccc(=O)oc12. The first kappa shape index (κ1) is 18.6. The van der Waals surface area contributed by atoms with Crippen LogP contribution in [-0.4, -0.2) is 13.0 Å². The molecule has 4 aromatic rings. The second-order valence-corrected chi connectivity index (χ2v) is 6.10. The van der Waals surface area contributed by atoms with E-state index in [0.717, 1.165) is 24.3 Å². The number of nitrogens with one attached hydrogen (secondary N) is 1. The van der Waals surface area contributed by atoms with Gasteiger partial charge in [0.25, 0.3) is 5.91 Å². The summed E-state index contributed by atoms with van der Waals surface area (Å²) < 4.78 is 54.1. The van der Waals surface area contributed by atoms with Crippen molar-refractivity contribution in [1.29, 1.82) is 0 Å². The highest BCUT2D eigenvalue weighted by Crippen LogP contribution is 2.41. The average Bonchev–Trinajstić information content (AvgIpc) is 3.16. The van der Waals surface area contributed by atoms with Gasteiger partial charge in [0.1, 0.15) is 0 Å². The molecule has 0 bridgehead atoms. The molecule has 4 rings (SSSR count). The number of carbonyl (C=O) groups excluding carboxylic acids is 1. The van der Waals surface area contributed by atoms with Crippen LogP contribution in [0.25, 0.3) is 21.9 Å². The molecular formula is C20H12F3NO5. The Morgan fingerprint density at radius 2 is 1.69 bits per heavy atom. The maximum absolute atomic E-state index is 12.7. The number of hydrogen-bond donors (Lipinski definition) is 1. The van der Waals surface area contributed by atoms with E-state index in [1.165, 1.54) is 25.5 Å². The summed E-state index contributed by atoms with van der Waals surface area (Å²) in [7, 11) is 1.38. The molecule has 9 heteroatoms. The predicted octanol–water partition coefficient (Wildman–Crippen LogP) is 4.82. The van der Waals surface area contributed by atoms with Gasteiger partial charge in [-0.1, -0.05) is 0 Å². The maximum Gasteiger partial charge on any atom is 0.416 e. The Morgan fingerprint density at radius 1 is 1.00 bits per heavy atom. The molecular weight excluding hydrogens is 391 g/mol. The highest BCUT2D eigenvalue weighted by atomic mass is 19.4. The van der Waals surface area contributed by atoms with Gasteiger partial charge in [-0.15, -0.1) is 0 Å². The first-order valence-electron chi connectivity index (χ1n) is 8.29. The van der Waals surface area contributed by atoms with Crippen molar-refractivity contribution in [3.8, 4) is 5.75 Å². The van der Waals surface area contributed by atoms with Gasteiger partial charge in [0.15, 0.2) is 11.2 Å². The third-order valence-electron chi connectivity index (χ3n) is 4.37. The molecule has 0 saturated heterocycles. The highest BCUT2D eigenvalue weighted by Gasteiger charge is 2.30. The van der Waals surface area contributed by atoms with Crippen molar-refractivity contribution in [2.45, 2.75) is 6.18 Å². The molecule has 0 fully saturated rings. The van der Waals surface area contributed by atoms with Gasteiger partial charge in [-0.05, 0) is 36.4 Å². The van der Waals surface area contributed by atoms with Crippen molar-refractivity contribution in [3.63, 3.8) is 0 Å². The highest BCUT2D eigenvalue weighted by molar-refractivity contribution is 6.18. The van der Waals surface area contributed by atoms with Crippen molar-refractivity contribution in [2.75, 3.05) is 12.4 Å². The number of benzene rings is 2. The Kier molecular flexibility index (Phi) is 4.30. The summed E-state index contributed by atoms with van der Waals surface area (Å²) in [6.45, 7) is 0. The second-order valence-electron chi connectivity index (χ2n) is 6.10. The number of fused-ring (bicyclic) bond motifs is 2. The van der Waals surface area contributed by atoms with Crippen LogP contribution >= 0.6 is 0 Å². The van der Waals surface area contributed by atoms with E-state index in [1.807, 2.05) is 0 Å². The molecule has 0 aliphatic carbocycles. The fraction of sp³-hybridized carbons (Fsp3) is 0.100. The average molecular weight is 403 g/mol. The lowest BCUT2D eigenvalue weighted by molar-refractivity contribution is -0.137. The Hall–Kier alpha value is -3.75. The maximum atomic E-state index is 12.7. The largest absolute Gasteiger partial charge is 0.490 e. The molecule has 29 heavy (non-hydrogen) atoms. The number of alkyl halides is 3. The molecule has 1 N–H and O–H groups in total. The molecule has 0 aliphatic rings. The molecule has 0 atom stereocenters.